The highest BCUT2D eigenvalue weighted by atomic mass is 32.1. The van der Waals surface area contributed by atoms with Crippen LogP contribution < -0.4 is 0 Å². The lowest BCUT2D eigenvalue weighted by molar-refractivity contribution is -0.147. The smallest absolute Gasteiger partial charge is 0.328 e. The quantitative estimate of drug-likeness (QED) is 0.164. The molecule has 0 heterocycles. The van der Waals surface area contributed by atoms with Crippen LogP contribution >= 0.6 is 12.6 Å². The van der Waals surface area contributed by atoms with Crippen molar-refractivity contribution in [2.24, 2.45) is 0 Å². The summed E-state index contributed by atoms with van der Waals surface area (Å²) < 4.78 is 0. The molecule has 0 aromatic carbocycles. The second-order valence-corrected chi connectivity index (χ2v) is 4.05. The molecule has 0 aromatic heterocycles. The van der Waals surface area contributed by atoms with E-state index in [0.717, 1.165) is 0 Å². The van der Waals surface area contributed by atoms with Crippen LogP contribution in [0.2, 0.25) is 0 Å². The molecule has 12 nitrogen and oxygen atoms in total. The van der Waals surface area contributed by atoms with E-state index in [2.05, 4.69) is 12.6 Å². The number of hydrogen-bond acceptors (Lipinski definition) is 7. The number of carboxylic acids is 6. The van der Waals surface area contributed by atoms with E-state index in [1.165, 1.54) is 0 Å². The van der Waals surface area contributed by atoms with Gasteiger partial charge in [-0.15, -0.1) is 0 Å². The van der Waals surface area contributed by atoms with E-state index < -0.39 is 53.9 Å². The van der Waals surface area contributed by atoms with Gasteiger partial charge in [0.25, 0.3) is 0 Å². The minimum Gasteiger partial charge on any atom is -0.481 e. The number of hydrogen-bond donors (Lipinski definition) is 7. The van der Waals surface area contributed by atoms with Crippen molar-refractivity contribution in [2.45, 2.75) is 18.1 Å². The Kier molecular flexibility index (Phi) is 16.0. The van der Waals surface area contributed by atoms with Crippen molar-refractivity contribution < 1.29 is 59.4 Å². The van der Waals surface area contributed by atoms with Gasteiger partial charge < -0.3 is 30.6 Å². The highest BCUT2D eigenvalue weighted by molar-refractivity contribution is 7.81. The van der Waals surface area contributed by atoms with Crippen LogP contribution in [-0.2, 0) is 28.8 Å². The molecule has 13 heteroatoms. The summed E-state index contributed by atoms with van der Waals surface area (Å²) in [6.45, 7) is 0. The molecule has 0 aliphatic carbocycles. The van der Waals surface area contributed by atoms with Crippen LogP contribution in [-0.4, -0.2) is 71.7 Å². The summed E-state index contributed by atoms with van der Waals surface area (Å²) in [6.07, 6.45) is -0.136. The topological polar surface area (TPSA) is 224 Å². The van der Waals surface area contributed by atoms with Gasteiger partial charge in [0.05, 0.1) is 6.42 Å². The molecule has 6 N–H and O–H groups in total. The van der Waals surface area contributed by atoms with Crippen molar-refractivity contribution >= 4 is 48.4 Å². The molecule has 0 amide bonds. The molecule has 24 heavy (non-hydrogen) atoms. The molecular weight excluding hydrogens is 356 g/mol. The third-order valence-electron chi connectivity index (χ3n) is 1.32. The third kappa shape index (κ3) is 31.3. The highest BCUT2D eigenvalue weighted by Crippen LogP contribution is 1.99. The number of carboxylic acid groups (broad SMARTS) is 6. The van der Waals surface area contributed by atoms with Gasteiger partial charge in [-0.3, -0.25) is 19.2 Å². The van der Waals surface area contributed by atoms with E-state index in [0.29, 0.717) is 12.2 Å². The standard InChI is InChI=1S/C4H6O4S.C4H4O4.C3H4O4/c5-3(6)1-2(9)4(7)8;5-3(6)1-2-4(7)8;4-2(5)1-3(6)7/h2,9H,1H2,(H,5,6)(H,7,8);1-2H,(H,5,6)(H,7,8);1H2,(H,4,5)(H,6,7)/b;2-1-;. The summed E-state index contributed by atoms with van der Waals surface area (Å²) >= 11 is 3.48. The number of aliphatic carboxylic acids is 6. The van der Waals surface area contributed by atoms with Gasteiger partial charge in [0.15, 0.2) is 0 Å². The lowest BCUT2D eigenvalue weighted by Crippen LogP contribution is -2.17. The summed E-state index contributed by atoms with van der Waals surface area (Å²) in [7, 11) is 0. The summed E-state index contributed by atoms with van der Waals surface area (Å²) in [4.78, 5) is 57.7. The molecule has 136 valence electrons. The van der Waals surface area contributed by atoms with E-state index >= 15 is 0 Å². The molecule has 0 saturated carbocycles. The Morgan fingerprint density at radius 1 is 0.708 bits per heavy atom. The Balaban J connectivity index is -0.000000278. The Morgan fingerprint density at radius 3 is 1.12 bits per heavy atom. The molecule has 0 bridgehead atoms. The van der Waals surface area contributed by atoms with Gasteiger partial charge in [0, 0.05) is 12.2 Å². The van der Waals surface area contributed by atoms with Gasteiger partial charge in [0.2, 0.25) is 0 Å². The molecule has 0 spiro atoms. The van der Waals surface area contributed by atoms with Crippen molar-refractivity contribution in [1.82, 2.24) is 0 Å². The van der Waals surface area contributed by atoms with Crippen LogP contribution in [0.4, 0.5) is 0 Å². The highest BCUT2D eigenvalue weighted by Gasteiger charge is 2.15. The van der Waals surface area contributed by atoms with E-state index in [1.807, 2.05) is 0 Å². The molecular formula is C11H14O12S. The first-order chi connectivity index (χ1) is 10.8. The molecule has 0 aliphatic heterocycles. The molecule has 0 fully saturated rings. The summed E-state index contributed by atoms with van der Waals surface area (Å²) in [5.41, 5.74) is 0. The van der Waals surface area contributed by atoms with Crippen molar-refractivity contribution in [3.63, 3.8) is 0 Å². The van der Waals surface area contributed by atoms with Gasteiger partial charge in [-0.05, 0) is 0 Å². The molecule has 0 radical (unpaired) electrons. The Bertz CT molecular complexity index is 481. The maximum atomic E-state index is 9.90. The molecule has 0 aromatic rings. The predicted octanol–water partition coefficient (Wildman–Crippen LogP) is -0.898. The van der Waals surface area contributed by atoms with Crippen LogP contribution in [0.5, 0.6) is 0 Å². The zero-order chi connectivity index (χ0) is 19.9. The fraction of sp³-hybridized carbons (Fsp3) is 0.273. The molecule has 1 atom stereocenters. The maximum absolute atomic E-state index is 9.90. The van der Waals surface area contributed by atoms with Crippen LogP contribution in [0.1, 0.15) is 12.8 Å². The molecule has 0 rings (SSSR count). The average Bonchev–Trinajstić information content (AvgIpc) is 2.35. The van der Waals surface area contributed by atoms with Crippen LogP contribution in [0.3, 0.4) is 0 Å². The predicted molar refractivity (Wildman–Crippen MR) is 77.0 cm³/mol. The van der Waals surface area contributed by atoms with Gasteiger partial charge in [-0.25, -0.2) is 9.59 Å². The SMILES string of the molecule is O=C(O)/C=C\C(=O)O.O=C(O)CC(=O)O.O=C(O)CC(S)C(=O)O. The largest absolute Gasteiger partial charge is 0.481 e. The van der Waals surface area contributed by atoms with Crippen molar-refractivity contribution in [3.05, 3.63) is 12.2 Å². The molecule has 1 unspecified atom stereocenters. The van der Waals surface area contributed by atoms with Crippen LogP contribution in [0.25, 0.3) is 0 Å². The van der Waals surface area contributed by atoms with E-state index in [1.54, 1.807) is 0 Å². The van der Waals surface area contributed by atoms with Crippen molar-refractivity contribution in [1.29, 1.82) is 0 Å². The van der Waals surface area contributed by atoms with Gasteiger partial charge in [0.1, 0.15) is 11.7 Å². The first-order valence-corrected chi connectivity index (χ1v) is 6.01. The lowest BCUT2D eigenvalue weighted by atomic mass is 10.3. The van der Waals surface area contributed by atoms with Crippen LogP contribution in [0.15, 0.2) is 12.2 Å². The summed E-state index contributed by atoms with van der Waals surface area (Å²) in [6, 6.07) is 0. The van der Waals surface area contributed by atoms with Crippen LogP contribution in [0, 0.1) is 0 Å². The minimum atomic E-state index is -1.31. The minimum absolute atomic E-state index is 0.446. The first-order valence-electron chi connectivity index (χ1n) is 5.49. The second-order valence-electron chi connectivity index (χ2n) is 3.43. The first kappa shape index (κ1) is 25.8. The summed E-state index contributed by atoms with van der Waals surface area (Å²) in [5.74, 6) is -7.50. The van der Waals surface area contributed by atoms with Gasteiger partial charge >= 0.3 is 35.8 Å². The fourth-order valence-corrected chi connectivity index (χ4v) is 0.681. The second kappa shape index (κ2) is 14.8. The van der Waals surface area contributed by atoms with E-state index in [4.69, 9.17) is 30.6 Å². The maximum Gasteiger partial charge on any atom is 0.328 e. The lowest BCUT2D eigenvalue weighted by Gasteiger charge is -1.97. The number of carbonyl (C=O) groups is 6. The van der Waals surface area contributed by atoms with Crippen molar-refractivity contribution in [2.75, 3.05) is 0 Å². The molecule has 0 aliphatic rings. The van der Waals surface area contributed by atoms with E-state index in [9.17, 15) is 28.8 Å². The normalized spacial score (nSPS) is 10.2. The number of rotatable bonds is 7. The Morgan fingerprint density at radius 2 is 1.04 bits per heavy atom. The number of thiol groups is 1. The third-order valence-corrected chi connectivity index (χ3v) is 1.73. The van der Waals surface area contributed by atoms with Gasteiger partial charge in [-0.2, -0.15) is 12.6 Å². The van der Waals surface area contributed by atoms with Gasteiger partial charge in [-0.1, -0.05) is 0 Å². The monoisotopic (exact) mass is 370 g/mol. The Labute approximate surface area is 139 Å². The fourth-order valence-electron chi connectivity index (χ4n) is 0.525. The zero-order valence-electron chi connectivity index (χ0n) is 11.7. The molecule has 0 saturated heterocycles. The average molecular weight is 370 g/mol. The Hall–Kier alpha value is -3.09. The van der Waals surface area contributed by atoms with E-state index in [-0.39, 0.29) is 0 Å². The summed E-state index contributed by atoms with van der Waals surface area (Å²) in [5, 5.41) is 46.0. The van der Waals surface area contributed by atoms with Crippen molar-refractivity contribution in [3.8, 4) is 0 Å². The zero-order valence-corrected chi connectivity index (χ0v) is 12.6.